The summed E-state index contributed by atoms with van der Waals surface area (Å²) in [5, 5.41) is 0.644. The van der Waals surface area contributed by atoms with Gasteiger partial charge in [0.15, 0.2) is 17.3 Å². The molecule has 0 radical (unpaired) electrons. The lowest BCUT2D eigenvalue weighted by Gasteiger charge is -2.15. The third-order valence-electron chi connectivity index (χ3n) is 5.15. The average Bonchev–Trinajstić information content (AvgIpc) is 3.26. The molecule has 0 fully saturated rings. The van der Waals surface area contributed by atoms with Crippen molar-refractivity contribution in [1.29, 1.82) is 0 Å². The second-order valence-electron chi connectivity index (χ2n) is 7.22. The molecule has 170 valence electrons. The number of benzene rings is 2. The number of carbonyl (C=O) groups is 1. The van der Waals surface area contributed by atoms with Crippen LogP contribution in [0.2, 0.25) is 0 Å². The average molecular weight is 560 g/mol. The summed E-state index contributed by atoms with van der Waals surface area (Å²) in [7, 11) is 1.54. The van der Waals surface area contributed by atoms with Gasteiger partial charge < -0.3 is 19.2 Å². The molecule has 2 aromatic heterocycles. The first-order valence-electron chi connectivity index (χ1n) is 10.3. The van der Waals surface area contributed by atoms with E-state index in [2.05, 4.69) is 32.6 Å². The van der Waals surface area contributed by atoms with Gasteiger partial charge in [-0.3, -0.25) is 4.79 Å². The van der Waals surface area contributed by atoms with Crippen LogP contribution in [0.1, 0.15) is 34.0 Å². The Bertz CT molecular complexity index is 1310. The smallest absolute Gasteiger partial charge is 0.199 e. The fourth-order valence-corrected chi connectivity index (χ4v) is 3.95. The van der Waals surface area contributed by atoms with Gasteiger partial charge in [0, 0.05) is 27.1 Å². The Morgan fingerprint density at radius 1 is 1.15 bits per heavy atom. The maximum Gasteiger partial charge on any atom is 0.199 e. The lowest BCUT2D eigenvalue weighted by molar-refractivity contribution is 0.103. The van der Waals surface area contributed by atoms with Gasteiger partial charge in [0.25, 0.3) is 0 Å². The molecular weight excluding hydrogens is 538 g/mol. The zero-order chi connectivity index (χ0) is 23.4. The summed E-state index contributed by atoms with van der Waals surface area (Å²) >= 11 is 2.19. The quantitative estimate of drug-likeness (QED) is 0.158. The Kier molecular flexibility index (Phi) is 7.12. The maximum absolute atomic E-state index is 14.4. The van der Waals surface area contributed by atoms with Gasteiger partial charge in [0.1, 0.15) is 23.8 Å². The summed E-state index contributed by atoms with van der Waals surface area (Å²) in [4.78, 5) is 20.8. The number of nitrogens with zero attached hydrogens (tertiary/aromatic N) is 1. The van der Waals surface area contributed by atoms with Gasteiger partial charge in [-0.1, -0.05) is 40.8 Å². The summed E-state index contributed by atoms with van der Waals surface area (Å²) in [5.41, 5.74) is 2.70. The third kappa shape index (κ3) is 4.80. The molecule has 8 heteroatoms. The van der Waals surface area contributed by atoms with Crippen LogP contribution in [0.25, 0.3) is 11.0 Å². The Hall–Kier alpha value is -3.14. The van der Waals surface area contributed by atoms with E-state index in [-0.39, 0.29) is 18.2 Å². The van der Waals surface area contributed by atoms with Crippen LogP contribution in [0.5, 0.6) is 17.2 Å². The molecule has 2 aromatic carbocycles. The second kappa shape index (κ2) is 10.2. The van der Waals surface area contributed by atoms with Gasteiger partial charge in [-0.25, -0.2) is 9.37 Å². The highest BCUT2D eigenvalue weighted by Gasteiger charge is 2.22. The Morgan fingerprint density at radius 2 is 2.00 bits per heavy atom. The number of methoxy groups -OCH3 is 1. The van der Waals surface area contributed by atoms with Crippen LogP contribution in [0.15, 0.2) is 54.9 Å². The third-order valence-corrected chi connectivity index (χ3v) is 6.03. The van der Waals surface area contributed by atoms with Crippen molar-refractivity contribution in [3.63, 3.8) is 0 Å². The first-order valence-corrected chi connectivity index (χ1v) is 11.9. The van der Waals surface area contributed by atoms with E-state index in [0.717, 1.165) is 9.99 Å². The highest BCUT2D eigenvalue weighted by molar-refractivity contribution is 14.1. The topological polar surface area (TPSA) is 73.4 Å². The number of ketones is 1. The summed E-state index contributed by atoms with van der Waals surface area (Å²) in [6, 6.07) is 12.0. The molecule has 0 saturated carbocycles. The number of halogens is 2. The van der Waals surface area contributed by atoms with Crippen LogP contribution in [0.4, 0.5) is 4.39 Å². The number of fused-ring (bicyclic) bond motifs is 1. The molecule has 33 heavy (non-hydrogen) atoms. The Morgan fingerprint density at radius 3 is 2.73 bits per heavy atom. The SMILES string of the molecule is CCOc1c(OCc2ccc(CI)cc2F)cccc1C(=O)c1c[nH]c2ncc(OC)cc12. The number of pyridine rings is 1. The van der Waals surface area contributed by atoms with Crippen LogP contribution < -0.4 is 14.2 Å². The van der Waals surface area contributed by atoms with Gasteiger partial charge >= 0.3 is 0 Å². The predicted molar refractivity (Wildman–Crippen MR) is 132 cm³/mol. The van der Waals surface area contributed by atoms with E-state index in [1.165, 1.54) is 6.07 Å². The molecule has 2 heterocycles. The van der Waals surface area contributed by atoms with Crippen LogP contribution in [-0.2, 0) is 11.0 Å². The Balaban J connectivity index is 1.67. The first kappa shape index (κ1) is 23.0. The maximum atomic E-state index is 14.4. The summed E-state index contributed by atoms with van der Waals surface area (Å²) in [6.45, 7) is 2.18. The molecule has 0 bridgehead atoms. The molecule has 0 amide bonds. The van der Waals surface area contributed by atoms with Crippen molar-refractivity contribution in [2.45, 2.75) is 18.0 Å². The van der Waals surface area contributed by atoms with Crippen molar-refractivity contribution in [2.24, 2.45) is 0 Å². The molecule has 1 N–H and O–H groups in total. The molecular formula is C25H22FIN2O4. The number of hydrogen-bond donors (Lipinski definition) is 1. The number of hydrogen-bond acceptors (Lipinski definition) is 5. The van der Waals surface area contributed by atoms with Crippen molar-refractivity contribution in [3.05, 3.63) is 82.9 Å². The van der Waals surface area contributed by atoms with Crippen LogP contribution >= 0.6 is 22.6 Å². The molecule has 6 nitrogen and oxygen atoms in total. The fourth-order valence-electron chi connectivity index (χ4n) is 3.48. The molecule has 0 unspecified atom stereocenters. The summed E-state index contributed by atoms with van der Waals surface area (Å²) < 4.78 is 32.1. The lowest BCUT2D eigenvalue weighted by atomic mass is 10.0. The first-order chi connectivity index (χ1) is 16.0. The number of nitrogens with one attached hydrogen (secondary N) is 1. The van der Waals surface area contributed by atoms with Gasteiger partial charge in [0.2, 0.25) is 0 Å². The number of para-hydroxylation sites is 1. The predicted octanol–water partition coefficient (Wildman–Crippen LogP) is 5.85. The van der Waals surface area contributed by atoms with E-state index in [9.17, 15) is 9.18 Å². The molecule has 4 rings (SSSR count). The fraction of sp³-hybridized carbons (Fsp3) is 0.200. The van der Waals surface area contributed by atoms with Gasteiger partial charge in [-0.2, -0.15) is 0 Å². The largest absolute Gasteiger partial charge is 0.495 e. The van der Waals surface area contributed by atoms with Crippen molar-refractivity contribution in [1.82, 2.24) is 9.97 Å². The van der Waals surface area contributed by atoms with Crippen LogP contribution in [-0.4, -0.2) is 29.5 Å². The zero-order valence-corrected chi connectivity index (χ0v) is 20.3. The van der Waals surface area contributed by atoms with E-state index in [1.54, 1.807) is 49.8 Å². The minimum absolute atomic E-state index is 0.0132. The van der Waals surface area contributed by atoms with Crippen LogP contribution in [0, 0.1) is 5.82 Å². The summed E-state index contributed by atoms with van der Waals surface area (Å²) in [6.07, 6.45) is 3.20. The van der Waals surface area contributed by atoms with Crippen LogP contribution in [0.3, 0.4) is 0 Å². The zero-order valence-electron chi connectivity index (χ0n) is 18.2. The number of aromatic nitrogens is 2. The molecule has 0 aliphatic rings. The highest BCUT2D eigenvalue weighted by Crippen LogP contribution is 2.35. The van der Waals surface area contributed by atoms with Gasteiger partial charge in [0.05, 0.1) is 25.5 Å². The van der Waals surface area contributed by atoms with Gasteiger partial charge in [-0.05, 0) is 36.8 Å². The van der Waals surface area contributed by atoms with Crippen molar-refractivity contribution < 1.29 is 23.4 Å². The highest BCUT2D eigenvalue weighted by atomic mass is 127. The number of aromatic amines is 1. The monoisotopic (exact) mass is 560 g/mol. The van der Waals surface area contributed by atoms with Crippen molar-refractivity contribution >= 4 is 39.4 Å². The lowest BCUT2D eigenvalue weighted by Crippen LogP contribution is -2.08. The minimum Gasteiger partial charge on any atom is -0.495 e. The molecule has 0 spiro atoms. The molecule has 4 aromatic rings. The van der Waals surface area contributed by atoms with E-state index in [4.69, 9.17) is 14.2 Å². The number of ether oxygens (including phenoxy) is 3. The van der Waals surface area contributed by atoms with E-state index in [0.29, 0.717) is 51.6 Å². The minimum atomic E-state index is -0.324. The number of H-pyrrole nitrogens is 1. The van der Waals surface area contributed by atoms with Crippen molar-refractivity contribution in [2.75, 3.05) is 13.7 Å². The second-order valence-corrected chi connectivity index (χ2v) is 7.98. The van der Waals surface area contributed by atoms with E-state index in [1.807, 2.05) is 13.0 Å². The number of alkyl halides is 1. The number of rotatable bonds is 9. The van der Waals surface area contributed by atoms with E-state index >= 15 is 0 Å². The molecule has 0 aliphatic carbocycles. The Labute approximate surface area is 204 Å². The normalized spacial score (nSPS) is 10.9. The summed E-state index contributed by atoms with van der Waals surface area (Å²) in [5.74, 6) is 0.668. The number of carbonyl (C=O) groups excluding carboxylic acids is 1. The molecule has 0 aliphatic heterocycles. The standard InChI is InChI=1S/C25H22FIN2O4/c1-3-32-24-18(23(30)20-13-29-25-19(20)10-17(31-2)12-28-25)5-4-6-22(24)33-14-16-8-7-15(11-27)9-21(16)26/h4-10,12-13H,3,11,14H2,1-2H3,(H,28,29). The molecule has 0 atom stereocenters. The van der Waals surface area contributed by atoms with Crippen molar-refractivity contribution in [3.8, 4) is 17.2 Å². The molecule has 0 saturated heterocycles. The van der Waals surface area contributed by atoms with Gasteiger partial charge in [-0.15, -0.1) is 0 Å². The van der Waals surface area contributed by atoms with E-state index < -0.39 is 0 Å².